The van der Waals surface area contributed by atoms with E-state index < -0.39 is 16.1 Å². The van der Waals surface area contributed by atoms with Crippen molar-refractivity contribution in [1.29, 1.82) is 0 Å². The van der Waals surface area contributed by atoms with Crippen LogP contribution in [0.3, 0.4) is 0 Å². The van der Waals surface area contributed by atoms with Crippen molar-refractivity contribution in [2.45, 2.75) is 24.0 Å². The van der Waals surface area contributed by atoms with Crippen molar-refractivity contribution in [3.63, 3.8) is 0 Å². The summed E-state index contributed by atoms with van der Waals surface area (Å²) in [5, 5.41) is 9.15. The molecule has 1 saturated heterocycles. The number of aliphatic hydroxyl groups excluding tert-OH is 1. The molecular weight excluding hydrogens is 334 g/mol. The molecule has 106 valence electrons. The molecule has 1 aliphatic heterocycles. The second kappa shape index (κ2) is 5.88. The lowest BCUT2D eigenvalue weighted by Gasteiger charge is -2.35. The number of halogens is 1. The van der Waals surface area contributed by atoms with Gasteiger partial charge < -0.3 is 9.84 Å². The van der Waals surface area contributed by atoms with Gasteiger partial charge in [-0.2, -0.15) is 4.31 Å². The van der Waals surface area contributed by atoms with E-state index in [4.69, 9.17) is 9.84 Å². The summed E-state index contributed by atoms with van der Waals surface area (Å²) < 4.78 is 32.6. The molecule has 1 fully saturated rings. The molecule has 1 aliphatic rings. The number of benzene rings is 1. The predicted molar refractivity (Wildman–Crippen MR) is 74.3 cm³/mol. The van der Waals surface area contributed by atoms with Crippen LogP contribution in [0.2, 0.25) is 0 Å². The minimum absolute atomic E-state index is 0.180. The summed E-state index contributed by atoms with van der Waals surface area (Å²) in [6, 6.07) is 6.52. The van der Waals surface area contributed by atoms with Crippen LogP contribution in [0, 0.1) is 0 Å². The Hall–Kier alpha value is -0.470. The highest BCUT2D eigenvalue weighted by atomic mass is 79.9. The number of morpholine rings is 1. The van der Waals surface area contributed by atoms with Crippen molar-refractivity contribution in [3.05, 3.63) is 28.7 Å². The molecule has 1 heterocycles. The molecule has 0 radical (unpaired) electrons. The van der Waals surface area contributed by atoms with Gasteiger partial charge in [-0.15, -0.1) is 0 Å². The van der Waals surface area contributed by atoms with Crippen LogP contribution in [0.25, 0.3) is 0 Å². The maximum atomic E-state index is 12.5. The lowest BCUT2D eigenvalue weighted by Crippen LogP contribution is -2.50. The lowest BCUT2D eigenvalue weighted by atomic mass is 10.2. The van der Waals surface area contributed by atoms with Crippen molar-refractivity contribution in [3.8, 4) is 0 Å². The molecule has 5 nitrogen and oxygen atoms in total. The summed E-state index contributed by atoms with van der Waals surface area (Å²) >= 11 is 3.28. The van der Waals surface area contributed by atoms with E-state index in [1.165, 1.54) is 4.31 Å². The molecule has 1 aromatic rings. The summed E-state index contributed by atoms with van der Waals surface area (Å²) in [7, 11) is -3.53. The van der Waals surface area contributed by atoms with Gasteiger partial charge in [0.1, 0.15) is 0 Å². The fourth-order valence-electron chi connectivity index (χ4n) is 2.06. The van der Waals surface area contributed by atoms with E-state index in [0.717, 1.165) is 4.47 Å². The Kier molecular flexibility index (Phi) is 4.62. The fraction of sp³-hybridized carbons (Fsp3) is 0.500. The highest BCUT2D eigenvalue weighted by Crippen LogP contribution is 2.22. The van der Waals surface area contributed by atoms with Gasteiger partial charge in [0.05, 0.1) is 23.7 Å². The SMILES string of the molecule is CC1CN(S(=O)(=O)c2ccc(Br)cc2)CC(CO)O1. The van der Waals surface area contributed by atoms with E-state index in [9.17, 15) is 8.42 Å². The first-order valence-electron chi connectivity index (χ1n) is 5.95. The molecule has 0 spiro atoms. The van der Waals surface area contributed by atoms with E-state index in [2.05, 4.69) is 15.9 Å². The Labute approximate surface area is 121 Å². The zero-order valence-corrected chi connectivity index (χ0v) is 12.9. The number of hydrogen-bond acceptors (Lipinski definition) is 4. The monoisotopic (exact) mass is 349 g/mol. The molecule has 1 aromatic carbocycles. The van der Waals surface area contributed by atoms with Crippen molar-refractivity contribution in [1.82, 2.24) is 4.31 Å². The van der Waals surface area contributed by atoms with Crippen LogP contribution in [0.5, 0.6) is 0 Å². The molecule has 0 saturated carbocycles. The lowest BCUT2D eigenvalue weighted by molar-refractivity contribution is -0.0750. The van der Waals surface area contributed by atoms with Gasteiger partial charge in [0, 0.05) is 17.6 Å². The van der Waals surface area contributed by atoms with E-state index in [-0.39, 0.29) is 24.2 Å². The van der Waals surface area contributed by atoms with Crippen LogP contribution in [0.4, 0.5) is 0 Å². The number of hydrogen-bond donors (Lipinski definition) is 1. The highest BCUT2D eigenvalue weighted by molar-refractivity contribution is 9.10. The first-order valence-corrected chi connectivity index (χ1v) is 8.19. The average Bonchev–Trinajstić information content (AvgIpc) is 2.38. The van der Waals surface area contributed by atoms with Gasteiger partial charge in [-0.3, -0.25) is 0 Å². The van der Waals surface area contributed by atoms with Crippen LogP contribution >= 0.6 is 15.9 Å². The summed E-state index contributed by atoms with van der Waals surface area (Å²) in [5.74, 6) is 0. The largest absolute Gasteiger partial charge is 0.394 e. The number of ether oxygens (including phenoxy) is 1. The van der Waals surface area contributed by atoms with Crippen molar-refractivity contribution < 1.29 is 18.3 Å². The maximum Gasteiger partial charge on any atom is 0.243 e. The molecule has 19 heavy (non-hydrogen) atoms. The van der Waals surface area contributed by atoms with E-state index in [1.807, 2.05) is 0 Å². The fourth-order valence-corrected chi connectivity index (χ4v) is 3.87. The second-order valence-electron chi connectivity index (χ2n) is 4.53. The molecular formula is C12H16BrNO4S. The summed E-state index contributed by atoms with van der Waals surface area (Å²) in [5.41, 5.74) is 0. The summed E-state index contributed by atoms with van der Waals surface area (Å²) in [6.07, 6.45) is -0.690. The third-order valence-electron chi connectivity index (χ3n) is 2.95. The summed E-state index contributed by atoms with van der Waals surface area (Å²) in [4.78, 5) is 0.251. The van der Waals surface area contributed by atoms with E-state index in [0.29, 0.717) is 6.54 Å². The van der Waals surface area contributed by atoms with Gasteiger partial charge in [0.2, 0.25) is 10.0 Å². The van der Waals surface area contributed by atoms with Crippen LogP contribution in [0.1, 0.15) is 6.92 Å². The molecule has 0 bridgehead atoms. The van der Waals surface area contributed by atoms with Crippen LogP contribution in [-0.2, 0) is 14.8 Å². The highest BCUT2D eigenvalue weighted by Gasteiger charge is 2.33. The average molecular weight is 350 g/mol. The Morgan fingerprint density at radius 2 is 2.00 bits per heavy atom. The molecule has 7 heteroatoms. The minimum Gasteiger partial charge on any atom is -0.394 e. The van der Waals surface area contributed by atoms with Gasteiger partial charge in [-0.1, -0.05) is 15.9 Å². The van der Waals surface area contributed by atoms with Gasteiger partial charge in [-0.05, 0) is 31.2 Å². The number of sulfonamides is 1. The standard InChI is InChI=1S/C12H16BrNO4S/c1-9-6-14(7-11(8-15)18-9)19(16,17)12-4-2-10(13)3-5-12/h2-5,9,11,15H,6-8H2,1H3. The topological polar surface area (TPSA) is 66.8 Å². The van der Waals surface area contributed by atoms with Crippen LogP contribution in [-0.4, -0.2) is 49.7 Å². The summed E-state index contributed by atoms with van der Waals surface area (Å²) in [6.45, 7) is 2.09. The number of rotatable bonds is 3. The molecule has 2 unspecified atom stereocenters. The van der Waals surface area contributed by atoms with Crippen LogP contribution in [0.15, 0.2) is 33.6 Å². The molecule has 2 atom stereocenters. The maximum absolute atomic E-state index is 12.5. The smallest absolute Gasteiger partial charge is 0.243 e. The number of aliphatic hydroxyl groups is 1. The number of nitrogens with zero attached hydrogens (tertiary/aromatic N) is 1. The van der Waals surface area contributed by atoms with E-state index in [1.54, 1.807) is 31.2 Å². The Balaban J connectivity index is 2.26. The van der Waals surface area contributed by atoms with Gasteiger partial charge >= 0.3 is 0 Å². The Morgan fingerprint density at radius 1 is 1.37 bits per heavy atom. The van der Waals surface area contributed by atoms with Crippen molar-refractivity contribution in [2.75, 3.05) is 19.7 Å². The third-order valence-corrected chi connectivity index (χ3v) is 5.32. The Bertz CT molecular complexity index is 531. The molecule has 0 aromatic heterocycles. The molecule has 2 rings (SSSR count). The minimum atomic E-state index is -3.53. The van der Waals surface area contributed by atoms with Gasteiger partial charge in [0.15, 0.2) is 0 Å². The van der Waals surface area contributed by atoms with E-state index >= 15 is 0 Å². The second-order valence-corrected chi connectivity index (χ2v) is 7.38. The van der Waals surface area contributed by atoms with Gasteiger partial charge in [0.25, 0.3) is 0 Å². The third kappa shape index (κ3) is 3.35. The zero-order valence-electron chi connectivity index (χ0n) is 10.5. The first-order chi connectivity index (χ1) is 8.93. The zero-order chi connectivity index (χ0) is 14.0. The Morgan fingerprint density at radius 3 is 2.58 bits per heavy atom. The first kappa shape index (κ1) is 14.9. The molecule has 0 amide bonds. The van der Waals surface area contributed by atoms with Crippen molar-refractivity contribution in [2.24, 2.45) is 0 Å². The normalized spacial score (nSPS) is 25.4. The van der Waals surface area contributed by atoms with Crippen molar-refractivity contribution >= 4 is 26.0 Å². The van der Waals surface area contributed by atoms with Crippen LogP contribution < -0.4 is 0 Å². The van der Waals surface area contributed by atoms with Gasteiger partial charge in [-0.25, -0.2) is 8.42 Å². The quantitative estimate of drug-likeness (QED) is 0.890. The molecule has 1 N–H and O–H groups in total. The molecule has 0 aliphatic carbocycles. The predicted octanol–water partition coefficient (Wildman–Crippen LogP) is 1.22.